The minimum absolute atomic E-state index is 0.354. The van der Waals surface area contributed by atoms with Gasteiger partial charge in [-0.15, -0.1) is 0 Å². The number of halogens is 1. The number of hydrogen-bond acceptors (Lipinski definition) is 5. The minimum atomic E-state index is -3.70. The quantitative estimate of drug-likeness (QED) is 0.755. The fourth-order valence-electron chi connectivity index (χ4n) is 2.48. The summed E-state index contributed by atoms with van der Waals surface area (Å²) >= 11 is 5.99. The molecule has 0 bridgehead atoms. The molecule has 0 fully saturated rings. The lowest BCUT2D eigenvalue weighted by atomic mass is 10.2. The standard InChI is InChI=1S/C18H21ClN2O5S/c1-12-5-6-13(19)9-15(12)21(27(4,23)24)11-18(22)20-14-7-8-16(25-2)17(10-14)26-3/h5-10H,11H2,1-4H3,(H,20,22). The minimum Gasteiger partial charge on any atom is -0.493 e. The molecule has 2 aromatic carbocycles. The number of nitrogens with zero attached hydrogens (tertiary/aromatic N) is 1. The van der Waals surface area contributed by atoms with Crippen LogP contribution in [0.3, 0.4) is 0 Å². The molecule has 0 heterocycles. The van der Waals surface area contributed by atoms with Crippen LogP contribution >= 0.6 is 11.6 Å². The third-order valence-electron chi connectivity index (χ3n) is 3.79. The van der Waals surface area contributed by atoms with Crippen LogP contribution in [0.4, 0.5) is 11.4 Å². The lowest BCUT2D eigenvalue weighted by molar-refractivity contribution is -0.114. The van der Waals surface area contributed by atoms with Crippen LogP contribution in [-0.2, 0) is 14.8 Å². The van der Waals surface area contributed by atoms with Crippen LogP contribution in [0.2, 0.25) is 5.02 Å². The predicted molar refractivity (Wildman–Crippen MR) is 107 cm³/mol. The number of amides is 1. The summed E-state index contributed by atoms with van der Waals surface area (Å²) in [5.74, 6) is 0.454. The second-order valence-electron chi connectivity index (χ2n) is 5.82. The van der Waals surface area contributed by atoms with Gasteiger partial charge in [0.2, 0.25) is 15.9 Å². The number of hydrogen-bond donors (Lipinski definition) is 1. The molecular weight excluding hydrogens is 392 g/mol. The predicted octanol–water partition coefficient (Wildman–Crippen LogP) is 3.07. The molecule has 0 aromatic heterocycles. The molecule has 0 aliphatic rings. The third-order valence-corrected chi connectivity index (χ3v) is 5.16. The Morgan fingerprint density at radius 3 is 2.37 bits per heavy atom. The van der Waals surface area contributed by atoms with Gasteiger partial charge in [0.1, 0.15) is 6.54 Å². The Hall–Kier alpha value is -2.45. The van der Waals surface area contributed by atoms with Crippen LogP contribution in [0.15, 0.2) is 36.4 Å². The van der Waals surface area contributed by atoms with Crippen LogP contribution in [0.5, 0.6) is 11.5 Å². The first-order valence-corrected chi connectivity index (χ1v) is 10.1. The lowest BCUT2D eigenvalue weighted by Crippen LogP contribution is -2.37. The van der Waals surface area contributed by atoms with Crippen molar-refractivity contribution >= 4 is 38.9 Å². The van der Waals surface area contributed by atoms with Crippen LogP contribution in [-0.4, -0.2) is 41.3 Å². The summed E-state index contributed by atoms with van der Waals surface area (Å²) in [5, 5.41) is 3.04. The van der Waals surface area contributed by atoms with Gasteiger partial charge in [-0.25, -0.2) is 8.42 Å². The van der Waals surface area contributed by atoms with E-state index in [9.17, 15) is 13.2 Å². The molecule has 1 amide bonds. The van der Waals surface area contributed by atoms with E-state index >= 15 is 0 Å². The molecule has 0 spiro atoms. The van der Waals surface area contributed by atoms with E-state index in [0.29, 0.717) is 33.5 Å². The van der Waals surface area contributed by atoms with Crippen molar-refractivity contribution in [3.05, 3.63) is 47.0 Å². The van der Waals surface area contributed by atoms with E-state index in [-0.39, 0.29) is 0 Å². The first-order chi connectivity index (χ1) is 12.7. The Morgan fingerprint density at radius 2 is 1.78 bits per heavy atom. The molecule has 0 radical (unpaired) electrons. The molecule has 0 atom stereocenters. The highest BCUT2D eigenvalue weighted by Gasteiger charge is 2.23. The Labute approximate surface area is 163 Å². The van der Waals surface area contributed by atoms with Gasteiger partial charge in [-0.05, 0) is 36.8 Å². The van der Waals surface area contributed by atoms with Crippen molar-refractivity contribution in [2.45, 2.75) is 6.92 Å². The van der Waals surface area contributed by atoms with Crippen LogP contribution in [0, 0.1) is 6.92 Å². The van der Waals surface area contributed by atoms with Gasteiger partial charge in [0, 0.05) is 16.8 Å². The molecule has 9 heteroatoms. The number of aryl methyl sites for hydroxylation is 1. The number of ether oxygens (including phenoxy) is 2. The zero-order valence-electron chi connectivity index (χ0n) is 15.4. The molecule has 0 unspecified atom stereocenters. The van der Waals surface area contributed by atoms with Crippen molar-refractivity contribution in [3.63, 3.8) is 0 Å². The van der Waals surface area contributed by atoms with E-state index < -0.39 is 22.5 Å². The average Bonchev–Trinajstić information content (AvgIpc) is 2.61. The number of anilines is 2. The Balaban J connectivity index is 2.26. The molecule has 7 nitrogen and oxygen atoms in total. The van der Waals surface area contributed by atoms with Gasteiger partial charge in [0.05, 0.1) is 26.2 Å². The maximum Gasteiger partial charge on any atom is 0.245 e. The SMILES string of the molecule is COc1ccc(NC(=O)CN(c2cc(Cl)ccc2C)S(C)(=O)=O)cc1OC. The monoisotopic (exact) mass is 412 g/mol. The number of benzene rings is 2. The van der Waals surface area contributed by atoms with Crippen molar-refractivity contribution in [2.75, 3.05) is 36.6 Å². The van der Waals surface area contributed by atoms with E-state index in [1.165, 1.54) is 20.3 Å². The highest BCUT2D eigenvalue weighted by molar-refractivity contribution is 7.92. The number of carbonyl (C=O) groups excluding carboxylic acids is 1. The van der Waals surface area contributed by atoms with Crippen LogP contribution in [0.1, 0.15) is 5.56 Å². The second-order valence-corrected chi connectivity index (χ2v) is 8.16. The summed E-state index contributed by atoms with van der Waals surface area (Å²) in [7, 11) is -0.709. The highest BCUT2D eigenvalue weighted by Crippen LogP contribution is 2.30. The van der Waals surface area contributed by atoms with Gasteiger partial charge < -0.3 is 14.8 Å². The summed E-state index contributed by atoms with van der Waals surface area (Å²) < 4.78 is 35.8. The van der Waals surface area contributed by atoms with Gasteiger partial charge in [-0.3, -0.25) is 9.10 Å². The molecular formula is C18H21ClN2O5S. The van der Waals surface area contributed by atoms with E-state index in [1.54, 1.807) is 37.3 Å². The number of carbonyl (C=O) groups is 1. The Bertz CT molecular complexity index is 947. The first-order valence-electron chi connectivity index (χ1n) is 7.91. The number of methoxy groups -OCH3 is 2. The highest BCUT2D eigenvalue weighted by atomic mass is 35.5. The van der Waals surface area contributed by atoms with Crippen molar-refractivity contribution in [1.29, 1.82) is 0 Å². The summed E-state index contributed by atoms with van der Waals surface area (Å²) in [5.41, 5.74) is 1.49. The molecule has 0 saturated heterocycles. The number of rotatable bonds is 7. The third kappa shape index (κ3) is 5.27. The fraction of sp³-hybridized carbons (Fsp3) is 0.278. The van der Waals surface area contributed by atoms with E-state index in [2.05, 4.69) is 5.32 Å². The zero-order chi connectivity index (χ0) is 20.2. The molecule has 0 aliphatic carbocycles. The largest absolute Gasteiger partial charge is 0.493 e. The molecule has 146 valence electrons. The lowest BCUT2D eigenvalue weighted by Gasteiger charge is -2.24. The van der Waals surface area contributed by atoms with Gasteiger partial charge in [-0.2, -0.15) is 0 Å². The van der Waals surface area contributed by atoms with E-state index in [1.807, 2.05) is 0 Å². The smallest absolute Gasteiger partial charge is 0.245 e. The summed E-state index contributed by atoms with van der Waals surface area (Å²) in [4.78, 5) is 12.5. The maximum atomic E-state index is 12.5. The van der Waals surface area contributed by atoms with Crippen LogP contribution in [0.25, 0.3) is 0 Å². The Kier molecular flexibility index (Phi) is 6.56. The summed E-state index contributed by atoms with van der Waals surface area (Å²) in [6.07, 6.45) is 1.04. The molecule has 1 N–H and O–H groups in total. The van der Waals surface area contributed by atoms with Crippen molar-refractivity contribution in [3.8, 4) is 11.5 Å². The summed E-state index contributed by atoms with van der Waals surface area (Å²) in [6.45, 7) is 1.35. The van der Waals surface area contributed by atoms with Crippen molar-refractivity contribution in [2.24, 2.45) is 0 Å². The second kappa shape index (κ2) is 8.49. The van der Waals surface area contributed by atoms with Gasteiger partial charge >= 0.3 is 0 Å². The molecule has 0 aliphatic heterocycles. The fourth-order valence-corrected chi connectivity index (χ4v) is 3.55. The normalized spacial score (nSPS) is 11.0. The zero-order valence-corrected chi connectivity index (χ0v) is 17.0. The molecule has 27 heavy (non-hydrogen) atoms. The van der Waals surface area contributed by atoms with Gasteiger partial charge in [0.15, 0.2) is 11.5 Å². The Morgan fingerprint density at radius 1 is 1.11 bits per heavy atom. The maximum absolute atomic E-state index is 12.5. The van der Waals surface area contributed by atoms with Crippen molar-refractivity contribution < 1.29 is 22.7 Å². The summed E-state index contributed by atoms with van der Waals surface area (Å²) in [6, 6.07) is 9.74. The van der Waals surface area contributed by atoms with E-state index in [0.717, 1.165) is 10.6 Å². The number of nitrogens with one attached hydrogen (secondary N) is 1. The average molecular weight is 413 g/mol. The van der Waals surface area contributed by atoms with Crippen molar-refractivity contribution in [1.82, 2.24) is 0 Å². The molecule has 2 rings (SSSR count). The molecule has 0 saturated carbocycles. The molecule has 2 aromatic rings. The van der Waals surface area contributed by atoms with Gasteiger partial charge in [-0.1, -0.05) is 17.7 Å². The van der Waals surface area contributed by atoms with Crippen LogP contribution < -0.4 is 19.1 Å². The number of sulfonamides is 1. The first kappa shape index (κ1) is 20.9. The topological polar surface area (TPSA) is 84.9 Å². The van der Waals surface area contributed by atoms with E-state index in [4.69, 9.17) is 21.1 Å². The van der Waals surface area contributed by atoms with Gasteiger partial charge in [0.25, 0.3) is 0 Å².